The first kappa shape index (κ1) is 18.5. The maximum Gasteiger partial charge on any atom is 0.366 e. The maximum absolute atomic E-state index is 11.1. The Bertz CT molecular complexity index is 261. The van der Waals surface area contributed by atoms with Crippen LogP contribution in [-0.2, 0) is 38.6 Å². The molecular formula is C12H20O8. The second kappa shape index (κ2) is 13.9. The van der Waals surface area contributed by atoms with Gasteiger partial charge in [-0.3, -0.25) is 9.78 Å². The van der Waals surface area contributed by atoms with Crippen molar-refractivity contribution in [3.63, 3.8) is 0 Å². The molecule has 0 spiro atoms. The molecule has 0 aliphatic heterocycles. The normalized spacial score (nSPS) is 10.7. The molecule has 0 atom stereocenters. The molecule has 0 saturated heterocycles. The zero-order chi connectivity index (χ0) is 15.1. The van der Waals surface area contributed by atoms with Gasteiger partial charge in [-0.1, -0.05) is 0 Å². The monoisotopic (exact) mass is 292 g/mol. The second-order valence-electron chi connectivity index (χ2n) is 3.18. The van der Waals surface area contributed by atoms with Crippen molar-refractivity contribution in [1.82, 2.24) is 0 Å². The molecule has 0 aromatic carbocycles. The van der Waals surface area contributed by atoms with Crippen LogP contribution in [0.1, 0.15) is 13.8 Å². The van der Waals surface area contributed by atoms with Gasteiger partial charge < -0.3 is 9.47 Å². The highest BCUT2D eigenvalue weighted by molar-refractivity contribution is 5.91. The summed E-state index contributed by atoms with van der Waals surface area (Å²) in [7, 11) is 0. The Morgan fingerprint density at radius 1 is 0.750 bits per heavy atom. The number of carbonyl (C=O) groups excluding carboxylic acids is 2. The van der Waals surface area contributed by atoms with Crippen LogP contribution in [0.15, 0.2) is 12.2 Å². The summed E-state index contributed by atoms with van der Waals surface area (Å²) in [5.74, 6) is -1.68. The molecule has 0 aromatic heterocycles. The first-order valence-electron chi connectivity index (χ1n) is 6.21. The number of carbonyl (C=O) groups is 2. The molecular weight excluding hydrogens is 272 g/mol. The fourth-order valence-corrected chi connectivity index (χ4v) is 0.866. The third kappa shape index (κ3) is 13.0. The summed E-state index contributed by atoms with van der Waals surface area (Å²) in [5.41, 5.74) is 0. The predicted octanol–water partition coefficient (Wildman–Crippen LogP) is 0.565. The Hall–Kier alpha value is -1.48. The minimum absolute atomic E-state index is 0.110. The van der Waals surface area contributed by atoms with E-state index in [4.69, 9.17) is 9.47 Å². The lowest BCUT2D eigenvalue weighted by Gasteiger charge is -2.02. The standard InChI is InChI=1S/C12H20O8/c1-3-15-7-9-17-19-11(13)5-6-12(14)20-18-10-8-16-4-2/h5-6H,3-4,7-10H2,1-2H3. The van der Waals surface area contributed by atoms with Gasteiger partial charge in [0.15, 0.2) is 0 Å². The minimum Gasteiger partial charge on any atom is -0.379 e. The van der Waals surface area contributed by atoms with Crippen LogP contribution in [0.4, 0.5) is 0 Å². The summed E-state index contributed by atoms with van der Waals surface area (Å²) in [6.45, 7) is 5.59. The molecule has 8 heteroatoms. The highest BCUT2D eigenvalue weighted by Crippen LogP contribution is 1.89. The zero-order valence-electron chi connectivity index (χ0n) is 11.7. The smallest absolute Gasteiger partial charge is 0.366 e. The van der Waals surface area contributed by atoms with Gasteiger partial charge in [0, 0.05) is 25.4 Å². The Labute approximate surface area is 117 Å². The van der Waals surface area contributed by atoms with Crippen LogP contribution in [0.2, 0.25) is 0 Å². The SMILES string of the molecule is CCOCCOOC(=O)C=CC(=O)OOCCOCC. The van der Waals surface area contributed by atoms with Crippen molar-refractivity contribution in [2.75, 3.05) is 39.6 Å². The van der Waals surface area contributed by atoms with Crippen LogP contribution < -0.4 is 0 Å². The van der Waals surface area contributed by atoms with Gasteiger partial charge in [0.2, 0.25) is 0 Å². The van der Waals surface area contributed by atoms with Crippen molar-refractivity contribution in [3.8, 4) is 0 Å². The lowest BCUT2D eigenvalue weighted by molar-refractivity contribution is -0.273. The van der Waals surface area contributed by atoms with Gasteiger partial charge in [-0.15, -0.1) is 0 Å². The topological polar surface area (TPSA) is 89.5 Å². The maximum atomic E-state index is 11.1. The van der Waals surface area contributed by atoms with E-state index in [9.17, 15) is 9.59 Å². The van der Waals surface area contributed by atoms with Gasteiger partial charge in [0.05, 0.1) is 13.2 Å². The van der Waals surface area contributed by atoms with E-state index in [2.05, 4.69) is 19.6 Å². The molecule has 0 rings (SSSR count). The number of hydrogen-bond donors (Lipinski definition) is 0. The van der Waals surface area contributed by atoms with E-state index in [-0.39, 0.29) is 13.2 Å². The largest absolute Gasteiger partial charge is 0.379 e. The lowest BCUT2D eigenvalue weighted by atomic mass is 10.5. The first-order chi connectivity index (χ1) is 9.70. The number of rotatable bonds is 12. The molecule has 0 saturated carbocycles. The molecule has 0 aliphatic carbocycles. The zero-order valence-corrected chi connectivity index (χ0v) is 11.7. The number of ether oxygens (including phenoxy) is 2. The van der Waals surface area contributed by atoms with Crippen LogP contribution in [0.5, 0.6) is 0 Å². The van der Waals surface area contributed by atoms with Crippen LogP contribution in [0.3, 0.4) is 0 Å². The molecule has 0 aliphatic rings. The lowest BCUT2D eigenvalue weighted by Crippen LogP contribution is -2.10. The van der Waals surface area contributed by atoms with E-state index in [1.54, 1.807) is 0 Å². The average Bonchev–Trinajstić information content (AvgIpc) is 2.44. The molecule has 0 unspecified atom stereocenters. The molecule has 116 valence electrons. The third-order valence-electron chi connectivity index (χ3n) is 1.67. The van der Waals surface area contributed by atoms with E-state index in [1.807, 2.05) is 13.8 Å². The Morgan fingerprint density at radius 3 is 1.50 bits per heavy atom. The quantitative estimate of drug-likeness (QED) is 0.223. The van der Waals surface area contributed by atoms with E-state index in [0.717, 1.165) is 12.2 Å². The van der Waals surface area contributed by atoms with Crippen LogP contribution in [0, 0.1) is 0 Å². The summed E-state index contributed by atoms with van der Waals surface area (Å²) < 4.78 is 9.90. The minimum atomic E-state index is -0.840. The van der Waals surface area contributed by atoms with Gasteiger partial charge in [-0.05, 0) is 13.8 Å². The van der Waals surface area contributed by atoms with Gasteiger partial charge in [-0.2, -0.15) is 9.78 Å². The molecule has 8 nitrogen and oxygen atoms in total. The van der Waals surface area contributed by atoms with Crippen molar-refractivity contribution < 1.29 is 38.6 Å². The molecule has 0 bridgehead atoms. The summed E-state index contributed by atoms with van der Waals surface area (Å²) in [4.78, 5) is 39.8. The van der Waals surface area contributed by atoms with Crippen LogP contribution >= 0.6 is 0 Å². The Kier molecular flexibility index (Phi) is 12.9. The van der Waals surface area contributed by atoms with Gasteiger partial charge >= 0.3 is 11.9 Å². The predicted molar refractivity (Wildman–Crippen MR) is 66.2 cm³/mol. The third-order valence-corrected chi connectivity index (χ3v) is 1.67. The fourth-order valence-electron chi connectivity index (χ4n) is 0.866. The Balaban J connectivity index is 3.54. The molecule has 0 amide bonds. The van der Waals surface area contributed by atoms with E-state index in [1.165, 1.54) is 0 Å². The van der Waals surface area contributed by atoms with E-state index >= 15 is 0 Å². The highest BCUT2D eigenvalue weighted by Gasteiger charge is 2.03. The molecule has 0 N–H and O–H groups in total. The van der Waals surface area contributed by atoms with Crippen LogP contribution in [-0.4, -0.2) is 51.6 Å². The summed E-state index contributed by atoms with van der Waals surface area (Å²) >= 11 is 0. The van der Waals surface area contributed by atoms with Crippen LogP contribution in [0.25, 0.3) is 0 Å². The van der Waals surface area contributed by atoms with E-state index < -0.39 is 11.9 Å². The van der Waals surface area contributed by atoms with Gasteiger partial charge in [-0.25, -0.2) is 9.59 Å². The fraction of sp³-hybridized carbons (Fsp3) is 0.667. The molecule has 0 heterocycles. The molecule has 0 radical (unpaired) electrons. The summed E-state index contributed by atoms with van der Waals surface area (Å²) in [5, 5.41) is 0. The second-order valence-corrected chi connectivity index (χ2v) is 3.18. The van der Waals surface area contributed by atoms with Crippen molar-refractivity contribution >= 4 is 11.9 Å². The van der Waals surface area contributed by atoms with Crippen molar-refractivity contribution in [2.45, 2.75) is 13.8 Å². The summed E-state index contributed by atoms with van der Waals surface area (Å²) in [6.07, 6.45) is 1.71. The van der Waals surface area contributed by atoms with Crippen molar-refractivity contribution in [3.05, 3.63) is 12.2 Å². The summed E-state index contributed by atoms with van der Waals surface area (Å²) in [6, 6.07) is 0. The molecule has 20 heavy (non-hydrogen) atoms. The molecule has 0 aromatic rings. The first-order valence-corrected chi connectivity index (χ1v) is 6.21. The Morgan fingerprint density at radius 2 is 1.15 bits per heavy atom. The van der Waals surface area contributed by atoms with Gasteiger partial charge in [0.1, 0.15) is 13.2 Å². The van der Waals surface area contributed by atoms with Gasteiger partial charge in [0.25, 0.3) is 0 Å². The number of hydrogen-bond acceptors (Lipinski definition) is 8. The van der Waals surface area contributed by atoms with E-state index in [0.29, 0.717) is 26.4 Å². The molecule has 0 fully saturated rings. The van der Waals surface area contributed by atoms with Crippen molar-refractivity contribution in [1.29, 1.82) is 0 Å². The van der Waals surface area contributed by atoms with Crippen molar-refractivity contribution in [2.24, 2.45) is 0 Å². The highest BCUT2D eigenvalue weighted by atomic mass is 17.2. The average molecular weight is 292 g/mol.